The average molecular weight is 350 g/mol. The average Bonchev–Trinajstić information content (AvgIpc) is 2.80. The Morgan fingerprint density at radius 2 is 1.83 bits per heavy atom. The summed E-state index contributed by atoms with van der Waals surface area (Å²) in [7, 11) is 0. The molecule has 0 amide bonds. The number of aryl methyl sites for hydroxylation is 2. The van der Waals surface area contributed by atoms with Crippen LogP contribution in [0.5, 0.6) is 0 Å². The van der Waals surface area contributed by atoms with Crippen molar-refractivity contribution in [2.24, 2.45) is 0 Å². The number of hydrogen-bond acceptors (Lipinski definition) is 2. The maximum Gasteiger partial charge on any atom is 0.0618 e. The van der Waals surface area contributed by atoms with Crippen molar-refractivity contribution < 1.29 is 0 Å². The number of anilines is 3. The minimum absolute atomic E-state index is 0.794. The molecule has 0 fully saturated rings. The summed E-state index contributed by atoms with van der Waals surface area (Å²) in [6.45, 7) is 0. The zero-order valence-electron chi connectivity index (χ0n) is 10.0. The second kappa shape index (κ2) is 4.80. The first kappa shape index (κ1) is 11.8. The lowest BCUT2D eigenvalue weighted by atomic mass is 10.1. The molecule has 2 aromatic rings. The topological polar surface area (TPSA) is 38.0 Å². The van der Waals surface area contributed by atoms with Crippen molar-refractivity contribution in [2.75, 3.05) is 11.1 Å². The van der Waals surface area contributed by atoms with Crippen molar-refractivity contribution in [3.63, 3.8) is 0 Å². The number of halogens is 1. The van der Waals surface area contributed by atoms with Gasteiger partial charge in [0, 0.05) is 9.26 Å². The molecule has 1 aliphatic carbocycles. The van der Waals surface area contributed by atoms with E-state index in [4.69, 9.17) is 5.73 Å². The van der Waals surface area contributed by atoms with Crippen LogP contribution in [0.25, 0.3) is 0 Å². The summed E-state index contributed by atoms with van der Waals surface area (Å²) < 4.78 is 1.16. The first-order chi connectivity index (χ1) is 8.72. The van der Waals surface area contributed by atoms with Gasteiger partial charge < -0.3 is 11.1 Å². The number of nitrogen functional groups attached to an aromatic ring is 1. The van der Waals surface area contributed by atoms with Crippen LogP contribution in [0.3, 0.4) is 0 Å². The number of rotatable bonds is 2. The summed E-state index contributed by atoms with van der Waals surface area (Å²) in [5.41, 5.74) is 11.9. The first-order valence-electron chi connectivity index (χ1n) is 6.16. The highest BCUT2D eigenvalue weighted by molar-refractivity contribution is 14.1. The number of nitrogens with one attached hydrogen (secondary N) is 1. The third-order valence-corrected chi connectivity index (χ3v) is 4.06. The predicted octanol–water partition coefficient (Wildman–Crippen LogP) is 4.11. The molecule has 3 heteroatoms. The maximum atomic E-state index is 6.01. The highest BCUT2D eigenvalue weighted by Crippen LogP contribution is 2.29. The zero-order valence-corrected chi connectivity index (χ0v) is 12.2. The summed E-state index contributed by atoms with van der Waals surface area (Å²) in [5, 5.41) is 3.40. The van der Waals surface area contributed by atoms with Gasteiger partial charge in [0.2, 0.25) is 0 Å². The molecule has 0 heterocycles. The molecule has 3 N–H and O–H groups in total. The molecule has 1 aliphatic rings. The minimum Gasteiger partial charge on any atom is -0.397 e. The number of hydrogen-bond donors (Lipinski definition) is 2. The lowest BCUT2D eigenvalue weighted by Crippen LogP contribution is -1.97. The van der Waals surface area contributed by atoms with Crippen LogP contribution >= 0.6 is 22.6 Å². The Morgan fingerprint density at radius 3 is 2.67 bits per heavy atom. The normalized spacial score (nSPS) is 13.4. The predicted molar refractivity (Wildman–Crippen MR) is 85.3 cm³/mol. The van der Waals surface area contributed by atoms with Gasteiger partial charge in [-0.05, 0) is 83.3 Å². The fraction of sp³-hybridized carbons (Fsp3) is 0.200. The molecule has 0 radical (unpaired) electrons. The van der Waals surface area contributed by atoms with E-state index in [0.29, 0.717) is 0 Å². The molecule has 0 aliphatic heterocycles. The second-order valence-electron chi connectivity index (χ2n) is 4.69. The smallest absolute Gasteiger partial charge is 0.0618 e. The second-order valence-corrected chi connectivity index (χ2v) is 5.94. The molecule has 0 saturated carbocycles. The lowest BCUT2D eigenvalue weighted by Gasteiger charge is -2.11. The van der Waals surface area contributed by atoms with E-state index in [9.17, 15) is 0 Å². The largest absolute Gasteiger partial charge is 0.397 e. The van der Waals surface area contributed by atoms with Crippen molar-refractivity contribution in [3.8, 4) is 0 Å². The van der Waals surface area contributed by atoms with Gasteiger partial charge in [0.25, 0.3) is 0 Å². The van der Waals surface area contributed by atoms with Crippen LogP contribution in [0.4, 0.5) is 17.1 Å². The van der Waals surface area contributed by atoms with E-state index < -0.39 is 0 Å². The Bertz CT molecular complexity index is 593. The van der Waals surface area contributed by atoms with Gasteiger partial charge in [0.1, 0.15) is 0 Å². The quantitative estimate of drug-likeness (QED) is 0.632. The molecule has 92 valence electrons. The fourth-order valence-corrected chi connectivity index (χ4v) is 2.97. The van der Waals surface area contributed by atoms with E-state index in [0.717, 1.165) is 20.6 Å². The molecule has 0 saturated heterocycles. The van der Waals surface area contributed by atoms with Crippen LogP contribution in [0.2, 0.25) is 0 Å². The Kier molecular flexibility index (Phi) is 3.16. The van der Waals surface area contributed by atoms with Crippen LogP contribution in [-0.4, -0.2) is 0 Å². The summed E-state index contributed by atoms with van der Waals surface area (Å²) in [4.78, 5) is 0. The third-order valence-electron chi connectivity index (χ3n) is 3.39. The van der Waals surface area contributed by atoms with Crippen LogP contribution in [0.15, 0.2) is 36.4 Å². The first-order valence-corrected chi connectivity index (χ1v) is 7.24. The van der Waals surface area contributed by atoms with Crippen LogP contribution in [-0.2, 0) is 12.8 Å². The van der Waals surface area contributed by atoms with Gasteiger partial charge in [-0.15, -0.1) is 0 Å². The Morgan fingerprint density at radius 1 is 1.00 bits per heavy atom. The molecule has 0 bridgehead atoms. The van der Waals surface area contributed by atoms with Crippen molar-refractivity contribution in [3.05, 3.63) is 51.1 Å². The van der Waals surface area contributed by atoms with E-state index in [1.165, 1.54) is 30.4 Å². The van der Waals surface area contributed by atoms with Gasteiger partial charge in [-0.25, -0.2) is 0 Å². The van der Waals surface area contributed by atoms with Gasteiger partial charge >= 0.3 is 0 Å². The SMILES string of the molecule is Nc1cc(I)ccc1Nc1ccc2c(c1)CCC2. The van der Waals surface area contributed by atoms with E-state index >= 15 is 0 Å². The molecule has 0 atom stereocenters. The van der Waals surface area contributed by atoms with Gasteiger partial charge in [-0.3, -0.25) is 0 Å². The summed E-state index contributed by atoms with van der Waals surface area (Å²) in [6, 6.07) is 12.7. The molecule has 0 aromatic heterocycles. The van der Waals surface area contributed by atoms with Crippen LogP contribution in [0, 0.1) is 3.57 Å². The Hall–Kier alpha value is -1.23. The third kappa shape index (κ3) is 2.32. The van der Waals surface area contributed by atoms with Gasteiger partial charge in [-0.1, -0.05) is 6.07 Å². The van der Waals surface area contributed by atoms with Crippen LogP contribution in [0.1, 0.15) is 17.5 Å². The number of fused-ring (bicyclic) bond motifs is 1. The molecule has 0 spiro atoms. The molecule has 18 heavy (non-hydrogen) atoms. The van der Waals surface area contributed by atoms with Gasteiger partial charge in [-0.2, -0.15) is 0 Å². The summed E-state index contributed by atoms with van der Waals surface area (Å²) in [6.07, 6.45) is 3.71. The molecule has 2 aromatic carbocycles. The summed E-state index contributed by atoms with van der Waals surface area (Å²) in [5.74, 6) is 0. The highest BCUT2D eigenvalue weighted by atomic mass is 127. The van der Waals surface area contributed by atoms with Crippen molar-refractivity contribution in [1.29, 1.82) is 0 Å². The lowest BCUT2D eigenvalue weighted by molar-refractivity contribution is 0.912. The standard InChI is InChI=1S/C15H15IN2/c16-12-5-7-15(14(17)9-12)18-13-6-4-10-2-1-3-11(10)8-13/h4-9,18H,1-3,17H2. The molecule has 0 unspecified atom stereocenters. The van der Waals surface area contributed by atoms with Crippen LogP contribution < -0.4 is 11.1 Å². The number of benzene rings is 2. The van der Waals surface area contributed by atoms with E-state index in [1.54, 1.807) is 0 Å². The van der Waals surface area contributed by atoms with E-state index in [1.807, 2.05) is 12.1 Å². The van der Waals surface area contributed by atoms with Gasteiger partial charge in [0.05, 0.1) is 11.4 Å². The molecule has 3 rings (SSSR count). The van der Waals surface area contributed by atoms with Crippen molar-refractivity contribution in [2.45, 2.75) is 19.3 Å². The fourth-order valence-electron chi connectivity index (χ4n) is 2.45. The van der Waals surface area contributed by atoms with Crippen molar-refractivity contribution >= 4 is 39.7 Å². The highest BCUT2D eigenvalue weighted by Gasteiger charge is 2.11. The van der Waals surface area contributed by atoms with Gasteiger partial charge in [0.15, 0.2) is 0 Å². The Labute approximate surface area is 121 Å². The molecule has 2 nitrogen and oxygen atoms in total. The monoisotopic (exact) mass is 350 g/mol. The molecular formula is C15H15IN2. The minimum atomic E-state index is 0.794. The van der Waals surface area contributed by atoms with Crippen molar-refractivity contribution in [1.82, 2.24) is 0 Å². The number of nitrogens with two attached hydrogens (primary N) is 1. The van der Waals surface area contributed by atoms with E-state index in [2.05, 4.69) is 52.2 Å². The summed E-state index contributed by atoms with van der Waals surface area (Å²) >= 11 is 2.27. The molecular weight excluding hydrogens is 335 g/mol. The maximum absolute atomic E-state index is 6.01. The van der Waals surface area contributed by atoms with E-state index in [-0.39, 0.29) is 0 Å². The Balaban J connectivity index is 1.88. The zero-order chi connectivity index (χ0) is 12.5.